The SMILES string of the molecule is C=C(C)C(=O)OCCC[N+](C)(C)Cc1ccccc1.[I-]. The first-order valence-electron chi connectivity index (χ1n) is 6.59. The van der Waals surface area contributed by atoms with E-state index in [-0.39, 0.29) is 29.9 Å². The van der Waals surface area contributed by atoms with Crippen LogP contribution in [0.2, 0.25) is 0 Å². The third-order valence-corrected chi connectivity index (χ3v) is 2.94. The number of halogens is 1. The van der Waals surface area contributed by atoms with Crippen LogP contribution in [0.1, 0.15) is 18.9 Å². The fourth-order valence-corrected chi connectivity index (χ4v) is 1.94. The van der Waals surface area contributed by atoms with E-state index in [1.165, 1.54) is 5.56 Å². The third-order valence-electron chi connectivity index (χ3n) is 2.94. The van der Waals surface area contributed by atoms with Crippen molar-refractivity contribution in [2.45, 2.75) is 19.9 Å². The Bertz CT molecular complexity index is 429. The van der Waals surface area contributed by atoms with Gasteiger partial charge in [0.2, 0.25) is 0 Å². The molecule has 4 heteroatoms. The zero-order valence-electron chi connectivity index (χ0n) is 12.6. The highest BCUT2D eigenvalue weighted by atomic mass is 127. The Hall–Kier alpha value is -0.880. The van der Waals surface area contributed by atoms with Gasteiger partial charge in [-0.25, -0.2) is 4.79 Å². The number of hydrogen-bond acceptors (Lipinski definition) is 2. The van der Waals surface area contributed by atoms with Crippen LogP contribution in [0.3, 0.4) is 0 Å². The first kappa shape index (κ1) is 19.1. The zero-order chi connectivity index (χ0) is 14.3. The Kier molecular flexibility index (Phi) is 8.73. The molecule has 1 aromatic rings. The van der Waals surface area contributed by atoms with Gasteiger partial charge in [0.1, 0.15) is 6.54 Å². The summed E-state index contributed by atoms with van der Waals surface area (Å²) in [5.41, 5.74) is 1.78. The van der Waals surface area contributed by atoms with Crippen molar-refractivity contribution in [1.29, 1.82) is 0 Å². The molecule has 0 aliphatic rings. The summed E-state index contributed by atoms with van der Waals surface area (Å²) in [4.78, 5) is 11.2. The summed E-state index contributed by atoms with van der Waals surface area (Å²) in [6.07, 6.45) is 0.860. The molecule has 0 aliphatic carbocycles. The van der Waals surface area contributed by atoms with Crippen molar-refractivity contribution in [3.05, 3.63) is 48.0 Å². The molecule has 0 bridgehead atoms. The molecule has 1 aromatic carbocycles. The highest BCUT2D eigenvalue weighted by Gasteiger charge is 2.15. The minimum absolute atomic E-state index is 0. The quantitative estimate of drug-likeness (QED) is 0.212. The van der Waals surface area contributed by atoms with Gasteiger partial charge in [-0.3, -0.25) is 0 Å². The molecule has 0 saturated carbocycles. The number of carbonyl (C=O) groups excluding carboxylic acids is 1. The number of nitrogens with zero attached hydrogens (tertiary/aromatic N) is 1. The third kappa shape index (κ3) is 7.65. The van der Waals surface area contributed by atoms with E-state index in [9.17, 15) is 4.79 Å². The fourth-order valence-electron chi connectivity index (χ4n) is 1.94. The molecule has 20 heavy (non-hydrogen) atoms. The Balaban J connectivity index is 0.00000361. The molecule has 0 spiro atoms. The highest BCUT2D eigenvalue weighted by molar-refractivity contribution is 5.86. The Morgan fingerprint density at radius 3 is 2.40 bits per heavy atom. The van der Waals surface area contributed by atoms with Gasteiger partial charge in [0.25, 0.3) is 0 Å². The lowest BCUT2D eigenvalue weighted by molar-refractivity contribution is -0.903. The zero-order valence-corrected chi connectivity index (χ0v) is 14.7. The van der Waals surface area contributed by atoms with Crippen LogP contribution in [-0.2, 0) is 16.1 Å². The second kappa shape index (κ2) is 9.13. The lowest BCUT2D eigenvalue weighted by Crippen LogP contribution is -3.00. The molecule has 0 aliphatic heterocycles. The molecule has 0 unspecified atom stereocenters. The topological polar surface area (TPSA) is 26.3 Å². The van der Waals surface area contributed by atoms with E-state index in [0.717, 1.165) is 24.0 Å². The van der Waals surface area contributed by atoms with Crippen molar-refractivity contribution in [1.82, 2.24) is 0 Å². The van der Waals surface area contributed by atoms with Crippen LogP contribution in [0.15, 0.2) is 42.5 Å². The number of ether oxygens (including phenoxy) is 1. The molecule has 0 radical (unpaired) electrons. The van der Waals surface area contributed by atoms with Gasteiger partial charge in [-0.1, -0.05) is 36.9 Å². The van der Waals surface area contributed by atoms with Gasteiger partial charge in [-0.05, 0) is 6.92 Å². The number of rotatable bonds is 7. The molecule has 0 atom stereocenters. The van der Waals surface area contributed by atoms with Crippen molar-refractivity contribution in [2.75, 3.05) is 27.2 Å². The molecule has 0 saturated heterocycles. The van der Waals surface area contributed by atoms with E-state index in [1.807, 2.05) is 6.07 Å². The summed E-state index contributed by atoms with van der Waals surface area (Å²) in [5, 5.41) is 0. The maximum Gasteiger partial charge on any atom is 0.333 e. The highest BCUT2D eigenvalue weighted by Crippen LogP contribution is 2.09. The largest absolute Gasteiger partial charge is 1.00 e. The van der Waals surface area contributed by atoms with E-state index >= 15 is 0 Å². The van der Waals surface area contributed by atoms with Crippen LogP contribution in [0.5, 0.6) is 0 Å². The average molecular weight is 389 g/mol. The van der Waals surface area contributed by atoms with Crippen LogP contribution in [-0.4, -0.2) is 37.7 Å². The number of esters is 1. The Labute approximate surface area is 139 Å². The van der Waals surface area contributed by atoms with Crippen LogP contribution in [0, 0.1) is 0 Å². The summed E-state index contributed by atoms with van der Waals surface area (Å²) >= 11 is 0. The van der Waals surface area contributed by atoms with Gasteiger partial charge >= 0.3 is 5.97 Å². The van der Waals surface area contributed by atoms with Crippen LogP contribution < -0.4 is 24.0 Å². The minimum atomic E-state index is -0.298. The first-order valence-corrected chi connectivity index (χ1v) is 6.59. The number of carbonyl (C=O) groups is 1. The summed E-state index contributed by atoms with van der Waals surface area (Å²) < 4.78 is 5.98. The molecule has 0 amide bonds. The van der Waals surface area contributed by atoms with E-state index in [1.54, 1.807) is 6.92 Å². The van der Waals surface area contributed by atoms with Gasteiger partial charge in [-0.15, -0.1) is 0 Å². The Morgan fingerprint density at radius 2 is 1.85 bits per heavy atom. The van der Waals surface area contributed by atoms with Crippen LogP contribution >= 0.6 is 0 Å². The average Bonchev–Trinajstić information content (AvgIpc) is 2.35. The van der Waals surface area contributed by atoms with Crippen molar-refractivity contribution in [2.24, 2.45) is 0 Å². The number of hydrogen-bond donors (Lipinski definition) is 0. The smallest absolute Gasteiger partial charge is 0.333 e. The Morgan fingerprint density at radius 1 is 1.25 bits per heavy atom. The van der Waals surface area contributed by atoms with Gasteiger partial charge < -0.3 is 33.2 Å². The van der Waals surface area contributed by atoms with Crippen molar-refractivity contribution in [3.8, 4) is 0 Å². The minimum Gasteiger partial charge on any atom is -1.00 e. The van der Waals surface area contributed by atoms with E-state index in [4.69, 9.17) is 4.74 Å². The number of quaternary nitrogens is 1. The predicted molar refractivity (Wildman–Crippen MR) is 77.5 cm³/mol. The molecule has 112 valence electrons. The van der Waals surface area contributed by atoms with Crippen molar-refractivity contribution >= 4 is 5.97 Å². The lowest BCUT2D eigenvalue weighted by atomic mass is 10.2. The summed E-state index contributed by atoms with van der Waals surface area (Å²) in [7, 11) is 4.38. The van der Waals surface area contributed by atoms with Crippen LogP contribution in [0.25, 0.3) is 0 Å². The fraction of sp³-hybridized carbons (Fsp3) is 0.438. The molecule has 0 aromatic heterocycles. The molecule has 3 nitrogen and oxygen atoms in total. The normalized spacial score (nSPS) is 10.6. The standard InChI is InChI=1S/C16H24NO2.HI/c1-14(2)16(18)19-12-8-11-17(3,4)13-15-9-6-5-7-10-15;/h5-7,9-10H,1,8,11-13H2,2-4H3;1H/q+1;/p-1. The molecular weight excluding hydrogens is 365 g/mol. The maximum atomic E-state index is 11.2. The molecular formula is C16H24INO2. The van der Waals surface area contributed by atoms with E-state index in [2.05, 4.69) is 44.9 Å². The first-order chi connectivity index (χ1) is 8.91. The van der Waals surface area contributed by atoms with E-state index in [0.29, 0.717) is 12.2 Å². The molecule has 0 N–H and O–H groups in total. The van der Waals surface area contributed by atoms with Gasteiger partial charge in [0.15, 0.2) is 0 Å². The second-order valence-corrected chi connectivity index (χ2v) is 5.57. The lowest BCUT2D eigenvalue weighted by Gasteiger charge is -2.29. The number of benzene rings is 1. The molecule has 1 rings (SSSR count). The summed E-state index contributed by atoms with van der Waals surface area (Å²) in [5.74, 6) is -0.298. The van der Waals surface area contributed by atoms with Gasteiger partial charge in [0.05, 0.1) is 27.2 Å². The molecule has 0 fully saturated rings. The second-order valence-electron chi connectivity index (χ2n) is 5.57. The predicted octanol–water partition coefficient (Wildman–Crippen LogP) is -0.224. The van der Waals surface area contributed by atoms with Crippen molar-refractivity contribution < 1.29 is 38.0 Å². The maximum absolute atomic E-state index is 11.2. The molecule has 0 heterocycles. The van der Waals surface area contributed by atoms with Crippen molar-refractivity contribution in [3.63, 3.8) is 0 Å². The van der Waals surface area contributed by atoms with E-state index < -0.39 is 0 Å². The van der Waals surface area contributed by atoms with Gasteiger partial charge in [-0.2, -0.15) is 0 Å². The summed E-state index contributed by atoms with van der Waals surface area (Å²) in [6.45, 7) is 7.64. The summed E-state index contributed by atoms with van der Waals surface area (Å²) in [6, 6.07) is 10.4. The monoisotopic (exact) mass is 389 g/mol. The van der Waals surface area contributed by atoms with Crippen LogP contribution in [0.4, 0.5) is 0 Å². The van der Waals surface area contributed by atoms with Gasteiger partial charge in [0, 0.05) is 17.6 Å².